The van der Waals surface area contributed by atoms with E-state index in [4.69, 9.17) is 10.8 Å². The lowest BCUT2D eigenvalue weighted by Crippen LogP contribution is -2.03. The van der Waals surface area contributed by atoms with Gasteiger partial charge in [-0.15, -0.1) is 0 Å². The number of nitrogen functional groups attached to an aromatic ring is 1. The van der Waals surface area contributed by atoms with Crippen LogP contribution in [-0.2, 0) is 0 Å². The van der Waals surface area contributed by atoms with Gasteiger partial charge in [-0.05, 0) is 0 Å². The van der Waals surface area contributed by atoms with Crippen LogP contribution in [0.5, 0.6) is 0 Å². The zero-order chi connectivity index (χ0) is 9.42. The molecule has 0 spiro atoms. The van der Waals surface area contributed by atoms with Crippen molar-refractivity contribution in [3.8, 4) is 0 Å². The third-order valence-corrected chi connectivity index (χ3v) is 1.60. The van der Waals surface area contributed by atoms with Crippen LogP contribution in [0.25, 0.3) is 5.78 Å². The van der Waals surface area contributed by atoms with E-state index in [0.717, 1.165) is 0 Å². The van der Waals surface area contributed by atoms with Crippen LogP contribution in [0.4, 0.5) is 5.69 Å². The number of carboxylic acid groups (broad SMARTS) is 1. The Balaban J connectivity index is 2.79. The molecule has 2 aromatic heterocycles. The van der Waals surface area contributed by atoms with Crippen LogP contribution in [0.15, 0.2) is 18.6 Å². The zero-order valence-corrected chi connectivity index (χ0v) is 6.51. The Morgan fingerprint density at radius 3 is 2.85 bits per heavy atom. The van der Waals surface area contributed by atoms with E-state index in [1.54, 1.807) is 0 Å². The summed E-state index contributed by atoms with van der Waals surface area (Å²) in [5.41, 5.74) is 5.90. The number of anilines is 1. The van der Waals surface area contributed by atoms with Crippen molar-refractivity contribution in [1.29, 1.82) is 0 Å². The fraction of sp³-hybridized carbons (Fsp3) is 0. The Morgan fingerprint density at radius 2 is 2.15 bits per heavy atom. The first kappa shape index (κ1) is 7.53. The van der Waals surface area contributed by atoms with Gasteiger partial charge in [-0.25, -0.2) is 14.8 Å². The number of aromatic carboxylic acids is 1. The third-order valence-electron chi connectivity index (χ3n) is 1.60. The van der Waals surface area contributed by atoms with Crippen LogP contribution >= 0.6 is 0 Å². The van der Waals surface area contributed by atoms with E-state index in [-0.39, 0.29) is 5.69 Å². The highest BCUT2D eigenvalue weighted by Crippen LogP contribution is 2.06. The minimum Gasteiger partial charge on any atom is -0.477 e. The van der Waals surface area contributed by atoms with Gasteiger partial charge >= 0.3 is 5.97 Å². The molecule has 2 heterocycles. The van der Waals surface area contributed by atoms with Crippen molar-refractivity contribution in [3.05, 3.63) is 24.3 Å². The number of rotatable bonds is 1. The number of hydrogen-bond donors (Lipinski definition) is 2. The molecule has 0 saturated heterocycles. The third kappa shape index (κ3) is 1.08. The van der Waals surface area contributed by atoms with E-state index in [0.29, 0.717) is 11.5 Å². The second-order valence-corrected chi connectivity index (χ2v) is 2.51. The lowest BCUT2D eigenvalue weighted by Gasteiger charge is -1.96. The summed E-state index contributed by atoms with van der Waals surface area (Å²) in [7, 11) is 0. The largest absolute Gasteiger partial charge is 0.477 e. The van der Waals surface area contributed by atoms with Gasteiger partial charge in [-0.2, -0.15) is 0 Å². The molecule has 0 aliphatic heterocycles. The molecule has 0 radical (unpaired) electrons. The fourth-order valence-electron chi connectivity index (χ4n) is 1.05. The summed E-state index contributed by atoms with van der Waals surface area (Å²) in [6.07, 6.45) is 4.14. The number of fused-ring (bicyclic) bond motifs is 1. The molecule has 0 aromatic carbocycles. The molecule has 0 amide bonds. The summed E-state index contributed by atoms with van der Waals surface area (Å²) in [6, 6.07) is 0. The lowest BCUT2D eigenvalue weighted by molar-refractivity contribution is 0.0689. The van der Waals surface area contributed by atoms with Crippen molar-refractivity contribution in [2.45, 2.75) is 0 Å². The van der Waals surface area contributed by atoms with E-state index in [1.165, 1.54) is 23.0 Å². The number of carbonyl (C=O) groups is 1. The normalized spacial score (nSPS) is 10.5. The van der Waals surface area contributed by atoms with Gasteiger partial charge < -0.3 is 10.8 Å². The number of nitrogens with two attached hydrogens (primary N) is 1. The molecule has 13 heavy (non-hydrogen) atoms. The van der Waals surface area contributed by atoms with Crippen LogP contribution in [-0.4, -0.2) is 25.4 Å². The molecule has 0 fully saturated rings. The topological polar surface area (TPSA) is 93.5 Å². The molecule has 0 unspecified atom stereocenters. The summed E-state index contributed by atoms with van der Waals surface area (Å²) >= 11 is 0. The van der Waals surface area contributed by atoms with Crippen molar-refractivity contribution in [3.63, 3.8) is 0 Å². The Labute approximate surface area is 72.6 Å². The maximum Gasteiger partial charge on any atom is 0.354 e. The van der Waals surface area contributed by atoms with Crippen molar-refractivity contribution in [2.24, 2.45) is 0 Å². The number of carboxylic acids is 1. The first-order chi connectivity index (χ1) is 6.18. The van der Waals surface area contributed by atoms with Crippen LogP contribution in [0.3, 0.4) is 0 Å². The van der Waals surface area contributed by atoms with Gasteiger partial charge in [0.05, 0.1) is 18.1 Å². The molecule has 66 valence electrons. The van der Waals surface area contributed by atoms with Crippen LogP contribution < -0.4 is 5.73 Å². The highest BCUT2D eigenvalue weighted by molar-refractivity contribution is 5.86. The second kappa shape index (κ2) is 2.44. The Hall–Kier alpha value is -2.11. The van der Waals surface area contributed by atoms with Gasteiger partial charge in [0.2, 0.25) is 5.78 Å². The van der Waals surface area contributed by atoms with E-state index in [2.05, 4.69) is 9.97 Å². The van der Waals surface area contributed by atoms with Gasteiger partial charge in [0, 0.05) is 6.20 Å². The predicted octanol–water partition coefficient (Wildman–Crippen LogP) is 0.00970. The molecule has 2 aromatic rings. The standard InChI is InChI=1S/C7H6N4O2/c8-4-1-9-7-10-2-5(6(12)13)11(7)3-4/h1-3H,8H2,(H,12,13). The summed E-state index contributed by atoms with van der Waals surface area (Å²) in [5, 5.41) is 8.73. The molecule has 6 nitrogen and oxygen atoms in total. The van der Waals surface area contributed by atoms with Crippen LogP contribution in [0, 0.1) is 0 Å². The summed E-state index contributed by atoms with van der Waals surface area (Å²) in [5.74, 6) is -0.730. The lowest BCUT2D eigenvalue weighted by atomic mass is 10.5. The molecule has 0 aliphatic carbocycles. The monoisotopic (exact) mass is 178 g/mol. The van der Waals surface area contributed by atoms with E-state index in [1.807, 2.05) is 0 Å². The maximum absolute atomic E-state index is 10.7. The molecule has 2 rings (SSSR count). The van der Waals surface area contributed by atoms with Gasteiger partial charge in [0.25, 0.3) is 0 Å². The molecule has 0 saturated carbocycles. The molecule has 6 heteroatoms. The number of imidazole rings is 1. The van der Waals surface area contributed by atoms with Crippen LogP contribution in [0.2, 0.25) is 0 Å². The minimum atomic E-state index is -1.06. The molecular formula is C7H6N4O2. The van der Waals surface area contributed by atoms with Crippen LogP contribution in [0.1, 0.15) is 10.5 Å². The van der Waals surface area contributed by atoms with Gasteiger partial charge in [0.1, 0.15) is 0 Å². The average Bonchev–Trinajstić information content (AvgIpc) is 2.46. The summed E-state index contributed by atoms with van der Waals surface area (Å²) in [6.45, 7) is 0. The van der Waals surface area contributed by atoms with Gasteiger partial charge in [0.15, 0.2) is 5.69 Å². The highest BCUT2D eigenvalue weighted by atomic mass is 16.4. The van der Waals surface area contributed by atoms with Crippen molar-refractivity contribution < 1.29 is 9.90 Å². The molecule has 0 atom stereocenters. The first-order valence-corrected chi connectivity index (χ1v) is 3.50. The fourth-order valence-corrected chi connectivity index (χ4v) is 1.05. The Morgan fingerprint density at radius 1 is 1.46 bits per heavy atom. The first-order valence-electron chi connectivity index (χ1n) is 3.50. The van der Waals surface area contributed by atoms with E-state index < -0.39 is 5.97 Å². The number of hydrogen-bond acceptors (Lipinski definition) is 4. The summed E-state index contributed by atoms with van der Waals surface area (Å²) in [4.78, 5) is 18.3. The quantitative estimate of drug-likeness (QED) is 0.641. The smallest absolute Gasteiger partial charge is 0.354 e. The maximum atomic E-state index is 10.7. The SMILES string of the molecule is Nc1cnc2ncc(C(=O)O)n2c1. The van der Waals surface area contributed by atoms with Gasteiger partial charge in [-0.3, -0.25) is 4.40 Å². The minimum absolute atomic E-state index is 0.0507. The van der Waals surface area contributed by atoms with E-state index in [9.17, 15) is 4.79 Å². The van der Waals surface area contributed by atoms with E-state index >= 15 is 0 Å². The molecular weight excluding hydrogens is 172 g/mol. The molecule has 0 aliphatic rings. The molecule has 0 bridgehead atoms. The zero-order valence-electron chi connectivity index (χ0n) is 6.51. The number of nitrogens with zero attached hydrogens (tertiary/aromatic N) is 3. The average molecular weight is 178 g/mol. The Bertz CT molecular complexity index is 476. The molecule has 3 N–H and O–H groups in total. The van der Waals surface area contributed by atoms with Crippen molar-refractivity contribution in [2.75, 3.05) is 5.73 Å². The predicted molar refractivity (Wildman–Crippen MR) is 44.4 cm³/mol. The Kier molecular flexibility index (Phi) is 1.42. The van der Waals surface area contributed by atoms with Crippen molar-refractivity contribution >= 4 is 17.4 Å². The summed E-state index contributed by atoms with van der Waals surface area (Å²) < 4.78 is 1.33. The second-order valence-electron chi connectivity index (χ2n) is 2.51. The van der Waals surface area contributed by atoms with Crippen molar-refractivity contribution in [1.82, 2.24) is 14.4 Å². The number of aromatic nitrogens is 3. The van der Waals surface area contributed by atoms with Gasteiger partial charge in [-0.1, -0.05) is 0 Å². The highest BCUT2D eigenvalue weighted by Gasteiger charge is 2.10.